The summed E-state index contributed by atoms with van der Waals surface area (Å²) in [6, 6.07) is 0. The number of allylic oxidation sites excluding steroid dienone is 1. The van der Waals surface area contributed by atoms with Crippen LogP contribution in [-0.2, 0) is 9.53 Å². The molecule has 2 nitrogen and oxygen atoms in total. The Morgan fingerprint density at radius 2 is 2.38 bits per heavy atom. The van der Waals surface area contributed by atoms with Crippen molar-refractivity contribution in [2.24, 2.45) is 0 Å². The fourth-order valence-corrected chi connectivity index (χ4v) is 4.54. The van der Waals surface area contributed by atoms with E-state index < -0.39 is 0 Å². The van der Waals surface area contributed by atoms with Gasteiger partial charge in [0.15, 0.2) is 0 Å². The summed E-state index contributed by atoms with van der Waals surface area (Å²) in [5.41, 5.74) is 0. The summed E-state index contributed by atoms with van der Waals surface area (Å²) in [5.74, 6) is 1.23. The average Bonchev–Trinajstić information content (AvgIpc) is 2.78. The first-order chi connectivity index (χ1) is 7.83. The zero-order valence-corrected chi connectivity index (χ0v) is 11.4. The van der Waals surface area contributed by atoms with Crippen LogP contribution in [0, 0.1) is 0 Å². The highest BCUT2D eigenvalue weighted by Crippen LogP contribution is 2.39. The van der Waals surface area contributed by atoms with Crippen LogP contribution in [0.3, 0.4) is 0 Å². The van der Waals surface area contributed by atoms with E-state index in [0.717, 1.165) is 18.1 Å². The molecule has 0 aromatic carbocycles. The molecule has 0 unspecified atom stereocenters. The van der Waals surface area contributed by atoms with E-state index in [1.54, 1.807) is 0 Å². The third kappa shape index (κ3) is 6.48. The lowest BCUT2D eigenvalue weighted by atomic mass is 10.1. The zero-order valence-electron chi connectivity index (χ0n) is 9.81. The third-order valence-corrected chi connectivity index (χ3v) is 5.47. The van der Waals surface area contributed by atoms with Crippen molar-refractivity contribution in [1.82, 2.24) is 0 Å². The molecule has 0 aliphatic carbocycles. The van der Waals surface area contributed by atoms with Gasteiger partial charge >= 0.3 is 5.97 Å². The van der Waals surface area contributed by atoms with E-state index in [4.69, 9.17) is 4.74 Å². The van der Waals surface area contributed by atoms with Gasteiger partial charge in [-0.15, -0.1) is 0 Å². The maximum absolute atomic E-state index is 11.2. The summed E-state index contributed by atoms with van der Waals surface area (Å²) < 4.78 is 5.02. The zero-order chi connectivity index (χ0) is 11.6. The summed E-state index contributed by atoms with van der Waals surface area (Å²) in [6.07, 6.45) is 9.02. The van der Waals surface area contributed by atoms with Gasteiger partial charge in [0, 0.05) is 17.4 Å². The van der Waals surface area contributed by atoms with Gasteiger partial charge in [-0.2, -0.15) is 0 Å². The van der Waals surface area contributed by atoms with Crippen LogP contribution in [0.1, 0.15) is 39.0 Å². The highest BCUT2D eigenvalue weighted by molar-refractivity contribution is 8.77. The van der Waals surface area contributed by atoms with Gasteiger partial charge in [0.2, 0.25) is 0 Å². The average molecular weight is 260 g/mol. The fraction of sp³-hybridized carbons (Fsp3) is 0.750. The molecule has 1 heterocycles. The molecule has 0 aromatic rings. The van der Waals surface area contributed by atoms with E-state index >= 15 is 0 Å². The molecule has 92 valence electrons. The van der Waals surface area contributed by atoms with E-state index in [2.05, 4.69) is 0 Å². The van der Waals surface area contributed by atoms with E-state index in [-0.39, 0.29) is 5.97 Å². The summed E-state index contributed by atoms with van der Waals surface area (Å²) in [4.78, 5) is 11.2. The minimum atomic E-state index is -0.0634. The van der Waals surface area contributed by atoms with Crippen LogP contribution >= 0.6 is 21.6 Å². The first kappa shape index (κ1) is 14.0. The van der Waals surface area contributed by atoms with Crippen LogP contribution in [0.25, 0.3) is 0 Å². The highest BCUT2D eigenvalue weighted by atomic mass is 33.1. The van der Waals surface area contributed by atoms with Crippen molar-refractivity contribution in [2.45, 2.75) is 44.3 Å². The molecular formula is C12H20O2S2. The minimum Gasteiger partial charge on any atom is -0.461 e. The molecular weight excluding hydrogens is 240 g/mol. The number of rotatable bonds is 7. The Morgan fingerprint density at radius 1 is 1.50 bits per heavy atom. The largest absolute Gasteiger partial charge is 0.461 e. The van der Waals surface area contributed by atoms with Crippen LogP contribution in [0.15, 0.2) is 12.2 Å². The lowest BCUT2D eigenvalue weighted by Crippen LogP contribution is -2.05. The molecule has 1 fully saturated rings. The molecule has 16 heavy (non-hydrogen) atoms. The molecule has 0 saturated carbocycles. The van der Waals surface area contributed by atoms with Crippen LogP contribution in [0.5, 0.6) is 0 Å². The molecule has 0 radical (unpaired) electrons. The lowest BCUT2D eigenvalue weighted by Gasteiger charge is -2.06. The molecule has 1 aliphatic rings. The van der Waals surface area contributed by atoms with Gasteiger partial charge in [0.05, 0.1) is 0 Å². The molecule has 1 aliphatic heterocycles. The first-order valence-corrected chi connectivity index (χ1v) is 8.26. The molecule has 1 rings (SSSR count). The van der Waals surface area contributed by atoms with Gasteiger partial charge in [-0.3, -0.25) is 4.79 Å². The maximum Gasteiger partial charge on any atom is 0.306 e. The van der Waals surface area contributed by atoms with E-state index in [9.17, 15) is 4.79 Å². The van der Waals surface area contributed by atoms with Crippen LogP contribution < -0.4 is 0 Å². The van der Waals surface area contributed by atoms with Gasteiger partial charge in [0.25, 0.3) is 0 Å². The summed E-state index contributed by atoms with van der Waals surface area (Å²) in [5, 5.41) is 0.823. The Morgan fingerprint density at radius 3 is 3.06 bits per heavy atom. The Kier molecular flexibility index (Phi) is 7.85. The standard InChI is InChI=1S/C12H20O2S2/c1-2-3-9-14-12(13)7-5-4-6-11-8-10-15-16-11/h2-3,11H,4-10H2,1H3/b3-2+/t11-/m1/s1. The molecule has 1 saturated heterocycles. The molecule has 0 amide bonds. The Labute approximate surface area is 106 Å². The van der Waals surface area contributed by atoms with Crippen LogP contribution in [0.4, 0.5) is 0 Å². The second-order valence-electron chi connectivity index (χ2n) is 3.83. The quantitative estimate of drug-likeness (QED) is 0.301. The molecule has 0 spiro atoms. The van der Waals surface area contributed by atoms with Gasteiger partial charge in [-0.25, -0.2) is 0 Å². The van der Waals surface area contributed by atoms with E-state index in [1.165, 1.54) is 18.6 Å². The number of carbonyl (C=O) groups excluding carboxylic acids is 1. The van der Waals surface area contributed by atoms with Crippen molar-refractivity contribution in [3.8, 4) is 0 Å². The van der Waals surface area contributed by atoms with Gasteiger partial charge < -0.3 is 4.74 Å². The smallest absolute Gasteiger partial charge is 0.306 e. The number of hydrogen-bond donors (Lipinski definition) is 0. The normalized spacial score (nSPS) is 20.4. The highest BCUT2D eigenvalue weighted by Gasteiger charge is 2.15. The molecule has 0 aromatic heterocycles. The van der Waals surface area contributed by atoms with Gasteiger partial charge in [0.1, 0.15) is 6.61 Å². The Balaban J connectivity index is 1.91. The van der Waals surface area contributed by atoms with Gasteiger partial charge in [-0.1, -0.05) is 40.2 Å². The van der Waals surface area contributed by atoms with Crippen LogP contribution in [0.2, 0.25) is 0 Å². The maximum atomic E-state index is 11.2. The minimum absolute atomic E-state index is 0.0634. The monoisotopic (exact) mass is 260 g/mol. The number of esters is 1. The second kappa shape index (κ2) is 8.99. The van der Waals surface area contributed by atoms with Gasteiger partial charge in [-0.05, 0) is 26.2 Å². The van der Waals surface area contributed by atoms with Crippen molar-refractivity contribution in [3.63, 3.8) is 0 Å². The van der Waals surface area contributed by atoms with Crippen LogP contribution in [-0.4, -0.2) is 23.6 Å². The summed E-state index contributed by atoms with van der Waals surface area (Å²) in [7, 11) is 3.99. The Bertz CT molecular complexity index is 223. The lowest BCUT2D eigenvalue weighted by molar-refractivity contribution is -0.142. The van der Waals surface area contributed by atoms with Crippen molar-refractivity contribution in [3.05, 3.63) is 12.2 Å². The van der Waals surface area contributed by atoms with E-state index in [1.807, 2.05) is 40.7 Å². The summed E-state index contributed by atoms with van der Waals surface area (Å²) >= 11 is 0. The molecule has 4 heteroatoms. The topological polar surface area (TPSA) is 26.3 Å². The number of hydrogen-bond acceptors (Lipinski definition) is 4. The van der Waals surface area contributed by atoms with E-state index in [0.29, 0.717) is 13.0 Å². The molecule has 0 N–H and O–H groups in total. The molecule has 1 atom stereocenters. The summed E-state index contributed by atoms with van der Waals surface area (Å²) in [6.45, 7) is 2.34. The number of carbonyl (C=O) groups is 1. The second-order valence-corrected chi connectivity index (χ2v) is 6.61. The molecule has 0 bridgehead atoms. The Hall–Kier alpha value is -0.0900. The predicted molar refractivity (Wildman–Crippen MR) is 72.7 cm³/mol. The number of unbranched alkanes of at least 4 members (excludes halogenated alkanes) is 1. The van der Waals surface area contributed by atoms with Crippen molar-refractivity contribution in [2.75, 3.05) is 12.4 Å². The van der Waals surface area contributed by atoms with Crippen molar-refractivity contribution < 1.29 is 9.53 Å². The third-order valence-electron chi connectivity index (χ3n) is 2.46. The fourth-order valence-electron chi connectivity index (χ4n) is 1.52. The predicted octanol–water partition coefficient (Wildman–Crippen LogP) is 3.82. The SMILES string of the molecule is C/C=C/COC(=O)CCCC[C@@H]1CCSS1. The van der Waals surface area contributed by atoms with Crippen molar-refractivity contribution >= 4 is 27.6 Å². The van der Waals surface area contributed by atoms with Crippen molar-refractivity contribution in [1.29, 1.82) is 0 Å². The number of ether oxygens (including phenoxy) is 1. The first-order valence-electron chi connectivity index (χ1n) is 5.88.